The van der Waals surface area contributed by atoms with E-state index in [-0.39, 0.29) is 13.2 Å². The van der Waals surface area contributed by atoms with Crippen LogP contribution < -0.4 is 10.5 Å². The van der Waals surface area contributed by atoms with Gasteiger partial charge >= 0.3 is 6.09 Å². The highest BCUT2D eigenvalue weighted by atomic mass is 127. The first kappa shape index (κ1) is 11.0. The molecule has 0 spiro atoms. The number of nitrogens with two attached hydrogens (primary N) is 1. The number of carbonyl (C=O) groups is 1. The average Bonchev–Trinajstić information content (AvgIpc) is 2.15. The Morgan fingerprint density at radius 2 is 2.29 bits per heavy atom. The largest absolute Gasteiger partial charge is 0.488 e. The number of primary amides is 1. The van der Waals surface area contributed by atoms with Crippen LogP contribution in [0.15, 0.2) is 18.3 Å². The van der Waals surface area contributed by atoms with Crippen LogP contribution in [-0.4, -0.2) is 24.3 Å². The van der Waals surface area contributed by atoms with Gasteiger partial charge in [-0.25, -0.2) is 9.78 Å². The number of rotatable bonds is 4. The van der Waals surface area contributed by atoms with Crippen LogP contribution in [0.25, 0.3) is 0 Å². The molecule has 0 aromatic carbocycles. The fraction of sp³-hybridized carbons (Fsp3) is 0.250. The van der Waals surface area contributed by atoms with Gasteiger partial charge in [0.2, 0.25) is 0 Å². The van der Waals surface area contributed by atoms with Gasteiger partial charge in [-0.1, -0.05) is 0 Å². The van der Waals surface area contributed by atoms with Crippen LogP contribution >= 0.6 is 22.6 Å². The van der Waals surface area contributed by atoms with Crippen molar-refractivity contribution in [1.82, 2.24) is 4.98 Å². The molecule has 14 heavy (non-hydrogen) atoms. The van der Waals surface area contributed by atoms with Crippen molar-refractivity contribution in [3.8, 4) is 5.75 Å². The first-order chi connectivity index (χ1) is 6.68. The molecule has 0 aliphatic heterocycles. The number of ether oxygens (including phenoxy) is 2. The molecule has 1 heterocycles. The van der Waals surface area contributed by atoms with Gasteiger partial charge < -0.3 is 15.2 Å². The Balaban J connectivity index is 2.25. The number of halogens is 1. The van der Waals surface area contributed by atoms with Crippen LogP contribution in [0.2, 0.25) is 0 Å². The molecule has 2 N–H and O–H groups in total. The Bertz CT molecular complexity index is 302. The van der Waals surface area contributed by atoms with Crippen LogP contribution in [0.5, 0.6) is 5.75 Å². The molecule has 0 saturated heterocycles. The van der Waals surface area contributed by atoms with Crippen molar-refractivity contribution >= 4 is 28.7 Å². The number of nitrogens with zero attached hydrogens (tertiary/aromatic N) is 1. The molecule has 76 valence electrons. The highest BCUT2D eigenvalue weighted by Gasteiger charge is 1.96. The lowest BCUT2D eigenvalue weighted by Gasteiger charge is -2.05. The smallest absolute Gasteiger partial charge is 0.404 e. The molecular weight excluding hydrogens is 299 g/mol. The monoisotopic (exact) mass is 308 g/mol. The normalized spacial score (nSPS) is 9.50. The lowest BCUT2D eigenvalue weighted by Crippen LogP contribution is -2.17. The summed E-state index contributed by atoms with van der Waals surface area (Å²) in [4.78, 5) is 14.2. The quantitative estimate of drug-likeness (QED) is 0.514. The predicted molar refractivity (Wildman–Crippen MR) is 58.0 cm³/mol. The molecule has 0 aliphatic rings. The highest BCUT2D eigenvalue weighted by molar-refractivity contribution is 14.1. The summed E-state index contributed by atoms with van der Waals surface area (Å²) >= 11 is 2.10. The van der Waals surface area contributed by atoms with Gasteiger partial charge in [-0.3, -0.25) is 0 Å². The summed E-state index contributed by atoms with van der Waals surface area (Å²) in [6, 6.07) is 3.61. The molecule has 1 aromatic heterocycles. The topological polar surface area (TPSA) is 74.4 Å². The van der Waals surface area contributed by atoms with Gasteiger partial charge in [-0.05, 0) is 34.7 Å². The minimum atomic E-state index is -0.797. The average molecular weight is 308 g/mol. The van der Waals surface area contributed by atoms with E-state index in [9.17, 15) is 4.79 Å². The number of hydrogen-bond donors (Lipinski definition) is 1. The van der Waals surface area contributed by atoms with E-state index >= 15 is 0 Å². The van der Waals surface area contributed by atoms with Gasteiger partial charge in [0.15, 0.2) is 0 Å². The molecule has 0 unspecified atom stereocenters. The molecule has 0 fully saturated rings. The van der Waals surface area contributed by atoms with Crippen molar-refractivity contribution in [2.24, 2.45) is 5.73 Å². The minimum Gasteiger partial charge on any atom is -0.488 e. The maximum absolute atomic E-state index is 10.2. The van der Waals surface area contributed by atoms with Gasteiger partial charge in [-0.15, -0.1) is 0 Å². The van der Waals surface area contributed by atoms with E-state index in [0.29, 0.717) is 5.75 Å². The van der Waals surface area contributed by atoms with Gasteiger partial charge in [-0.2, -0.15) is 0 Å². The second-order valence-corrected chi connectivity index (χ2v) is 3.44. The Kier molecular flexibility index (Phi) is 4.44. The number of amides is 1. The van der Waals surface area contributed by atoms with Gasteiger partial charge in [0.25, 0.3) is 0 Å². The second-order valence-electron chi connectivity index (χ2n) is 2.33. The second kappa shape index (κ2) is 5.63. The first-order valence-electron chi connectivity index (χ1n) is 3.85. The first-order valence-corrected chi connectivity index (χ1v) is 4.93. The molecule has 0 saturated carbocycles. The zero-order valence-corrected chi connectivity index (χ0v) is 9.43. The predicted octanol–water partition coefficient (Wildman–Crippen LogP) is 1.16. The van der Waals surface area contributed by atoms with Crippen LogP contribution in [0, 0.1) is 3.70 Å². The van der Waals surface area contributed by atoms with Crippen molar-refractivity contribution in [3.05, 3.63) is 22.0 Å². The van der Waals surface area contributed by atoms with Crippen LogP contribution in [0.1, 0.15) is 0 Å². The van der Waals surface area contributed by atoms with E-state index in [1.54, 1.807) is 12.3 Å². The fourth-order valence-electron chi connectivity index (χ4n) is 0.749. The van der Waals surface area contributed by atoms with Crippen LogP contribution in [0.4, 0.5) is 4.79 Å². The molecular formula is C8H9IN2O3. The molecule has 1 aromatic rings. The summed E-state index contributed by atoms with van der Waals surface area (Å²) in [6.45, 7) is 0.409. The summed E-state index contributed by atoms with van der Waals surface area (Å²) in [5.74, 6) is 0.637. The molecule has 0 radical (unpaired) electrons. The van der Waals surface area contributed by atoms with E-state index in [1.165, 1.54) is 0 Å². The summed E-state index contributed by atoms with van der Waals surface area (Å²) in [6.07, 6.45) is 0.806. The number of hydrogen-bond acceptors (Lipinski definition) is 4. The Morgan fingerprint density at radius 3 is 2.86 bits per heavy atom. The van der Waals surface area contributed by atoms with E-state index in [2.05, 4.69) is 32.3 Å². The molecule has 1 rings (SSSR count). The fourth-order valence-corrected chi connectivity index (χ4v) is 1.07. The lowest BCUT2D eigenvalue weighted by molar-refractivity contribution is 0.133. The molecule has 5 nitrogen and oxygen atoms in total. The number of carbonyl (C=O) groups excluding carboxylic acids is 1. The molecule has 6 heteroatoms. The van der Waals surface area contributed by atoms with Gasteiger partial charge in [0, 0.05) is 0 Å². The summed E-state index contributed by atoms with van der Waals surface area (Å²) in [7, 11) is 0. The molecule has 1 amide bonds. The van der Waals surface area contributed by atoms with E-state index in [0.717, 1.165) is 3.70 Å². The van der Waals surface area contributed by atoms with Crippen LogP contribution in [-0.2, 0) is 4.74 Å². The number of aromatic nitrogens is 1. The van der Waals surface area contributed by atoms with Crippen molar-refractivity contribution in [3.63, 3.8) is 0 Å². The van der Waals surface area contributed by atoms with Gasteiger partial charge in [0.05, 0.1) is 6.20 Å². The van der Waals surface area contributed by atoms with E-state index in [1.807, 2.05) is 6.07 Å². The SMILES string of the molecule is NC(=O)OCCOc1ccc(I)nc1. The third-order valence-electron chi connectivity index (χ3n) is 1.30. The molecule has 0 aliphatic carbocycles. The highest BCUT2D eigenvalue weighted by Crippen LogP contribution is 2.09. The third kappa shape index (κ3) is 4.26. The third-order valence-corrected chi connectivity index (χ3v) is 1.93. The standard InChI is InChI=1S/C8H9IN2O3/c9-7-2-1-6(5-11-7)13-3-4-14-8(10)12/h1-2,5H,3-4H2,(H2,10,12). The maximum Gasteiger partial charge on any atom is 0.404 e. The number of pyridine rings is 1. The molecule has 0 bridgehead atoms. The zero-order valence-electron chi connectivity index (χ0n) is 7.27. The van der Waals surface area contributed by atoms with Crippen molar-refractivity contribution in [2.45, 2.75) is 0 Å². The molecule has 0 atom stereocenters. The summed E-state index contributed by atoms with van der Waals surface area (Å²) < 4.78 is 10.6. The summed E-state index contributed by atoms with van der Waals surface area (Å²) in [5, 5.41) is 0. The van der Waals surface area contributed by atoms with E-state index in [4.69, 9.17) is 10.5 Å². The van der Waals surface area contributed by atoms with Crippen LogP contribution in [0.3, 0.4) is 0 Å². The summed E-state index contributed by atoms with van der Waals surface area (Å²) in [5.41, 5.74) is 4.76. The Morgan fingerprint density at radius 1 is 1.50 bits per heavy atom. The van der Waals surface area contributed by atoms with E-state index < -0.39 is 6.09 Å². The Labute approximate surface area is 94.7 Å². The Hall–Kier alpha value is -1.05. The zero-order chi connectivity index (χ0) is 10.4. The lowest BCUT2D eigenvalue weighted by atomic mass is 10.5. The minimum absolute atomic E-state index is 0.140. The van der Waals surface area contributed by atoms with Crippen molar-refractivity contribution in [1.29, 1.82) is 0 Å². The maximum atomic E-state index is 10.2. The van der Waals surface area contributed by atoms with Gasteiger partial charge in [0.1, 0.15) is 22.7 Å². The van der Waals surface area contributed by atoms with Crippen molar-refractivity contribution in [2.75, 3.05) is 13.2 Å². The van der Waals surface area contributed by atoms with Crippen molar-refractivity contribution < 1.29 is 14.3 Å².